The zero-order chi connectivity index (χ0) is 19.9. The summed E-state index contributed by atoms with van der Waals surface area (Å²) in [5.74, 6) is 0.165. The summed E-state index contributed by atoms with van der Waals surface area (Å²) in [6.45, 7) is 6.39. The first-order valence-corrected chi connectivity index (χ1v) is 10.1. The number of Topliss-reactive ketones (excluding diaryl/α,β-unsaturated/α-hetero) is 1. The summed E-state index contributed by atoms with van der Waals surface area (Å²) >= 11 is 0. The normalized spacial score (nSPS) is 9.82. The third-order valence-corrected chi connectivity index (χ3v) is 4.40. The number of ketones is 1. The van der Waals surface area contributed by atoms with Gasteiger partial charge in [0.1, 0.15) is 5.78 Å². The van der Waals surface area contributed by atoms with Crippen LogP contribution in [0.2, 0.25) is 0 Å². The van der Waals surface area contributed by atoms with Gasteiger partial charge >= 0.3 is 5.97 Å². The van der Waals surface area contributed by atoms with E-state index in [-0.39, 0.29) is 28.8 Å². The van der Waals surface area contributed by atoms with Gasteiger partial charge in [0, 0.05) is 23.5 Å². The molecule has 0 fully saturated rings. The largest absolute Gasteiger partial charge is 0.748 e. The van der Waals surface area contributed by atoms with Crippen LogP contribution in [0, 0.1) is 13.8 Å². The molecule has 162 valence electrons. The van der Waals surface area contributed by atoms with Crippen LogP contribution in [0.15, 0.2) is 42.5 Å². The van der Waals surface area contributed by atoms with Crippen LogP contribution in [0.5, 0.6) is 0 Å². The zero-order valence-electron chi connectivity index (χ0n) is 17.5. The summed E-state index contributed by atoms with van der Waals surface area (Å²) in [6.07, 6.45) is 7.46. The summed E-state index contributed by atoms with van der Waals surface area (Å²) in [4.78, 5) is 23.0. The van der Waals surface area contributed by atoms with E-state index in [1.807, 2.05) is 44.2 Å². The van der Waals surface area contributed by atoms with Gasteiger partial charge in [-0.1, -0.05) is 38.2 Å². The third kappa shape index (κ3) is 12.7. The van der Waals surface area contributed by atoms with Gasteiger partial charge < -0.3 is 39.4 Å². The molecule has 0 aliphatic rings. The maximum atomic E-state index is 11.9. The molecule has 0 aromatic heterocycles. The summed E-state index contributed by atoms with van der Waals surface area (Å²) in [5, 5.41) is 0. The fourth-order valence-corrected chi connectivity index (χ4v) is 2.85. The Morgan fingerprint density at radius 1 is 1.00 bits per heavy atom. The second-order valence-electron chi connectivity index (χ2n) is 6.99. The molecule has 0 N–H and O–H groups in total. The van der Waals surface area contributed by atoms with E-state index in [2.05, 4.69) is 19.1 Å². The van der Waals surface area contributed by atoms with Crippen LogP contribution >= 0.6 is 0 Å². The van der Waals surface area contributed by atoms with E-state index in [1.54, 1.807) is 0 Å². The van der Waals surface area contributed by atoms with Crippen LogP contribution in [0.1, 0.15) is 79.8 Å². The van der Waals surface area contributed by atoms with Gasteiger partial charge in [0.25, 0.3) is 0 Å². The van der Waals surface area contributed by atoms with Gasteiger partial charge in [-0.3, -0.25) is 4.79 Å². The summed E-state index contributed by atoms with van der Waals surface area (Å²) in [7, 11) is 0. The minimum Gasteiger partial charge on any atom is -0.748 e. The van der Waals surface area contributed by atoms with Crippen LogP contribution in [0.25, 0.3) is 0 Å². The van der Waals surface area contributed by atoms with E-state index >= 15 is 0 Å². The maximum absolute atomic E-state index is 11.9. The molecular formula is C24H34FeO3-6. The molecule has 0 aliphatic carbocycles. The molecule has 0 unspecified atom stereocenters. The van der Waals surface area contributed by atoms with E-state index < -0.39 is 0 Å². The van der Waals surface area contributed by atoms with Gasteiger partial charge in [0.2, 0.25) is 0 Å². The van der Waals surface area contributed by atoms with Crippen LogP contribution in [0.3, 0.4) is 0 Å². The average Bonchev–Trinajstić information content (AvgIpc) is 3.29. The number of carbonyl (C=O) groups excluding carboxylic acids is 2. The van der Waals surface area contributed by atoms with Gasteiger partial charge in [0.05, 0.1) is 6.61 Å². The fraction of sp³-hybridized carbons (Fsp3) is 0.500. The number of hydrogen-bond donors (Lipinski definition) is 0. The molecule has 0 radical (unpaired) electrons. The standard InChI is InChI=1S/C18H27O3.C6H7.Fe/c1-3-21-18(20)11-9-7-5-4-6-8-10-17(19)16-13-12-15(2)14-16;1-6-4-2-3-5-6;/h12-14H,3-11H2,1-2H3;2-5H,1H3;/q-1;-5;. The molecule has 2 rings (SSSR count). The van der Waals surface area contributed by atoms with Crippen molar-refractivity contribution in [1.29, 1.82) is 0 Å². The van der Waals surface area contributed by atoms with E-state index in [0.29, 0.717) is 19.4 Å². The molecule has 0 saturated carbocycles. The predicted molar refractivity (Wildman–Crippen MR) is 111 cm³/mol. The van der Waals surface area contributed by atoms with E-state index in [0.717, 1.165) is 49.7 Å². The summed E-state index contributed by atoms with van der Waals surface area (Å²) in [5.41, 5.74) is 3.34. The number of unbranched alkanes of at least 4 members (excludes halogenated alkanes) is 5. The number of ether oxygens (including phenoxy) is 1. The Kier molecular flexibility index (Phi) is 15.4. The van der Waals surface area contributed by atoms with Gasteiger partial charge in [-0.2, -0.15) is 12.1 Å². The Hall–Kier alpha value is -1.64. The number of aryl methyl sites for hydroxylation is 2. The monoisotopic (exact) mass is 426 g/mol. The van der Waals surface area contributed by atoms with Crippen molar-refractivity contribution in [3.63, 3.8) is 0 Å². The van der Waals surface area contributed by atoms with Crippen LogP contribution in [0.4, 0.5) is 0 Å². The van der Waals surface area contributed by atoms with Crippen molar-refractivity contribution in [2.45, 2.75) is 72.1 Å². The molecule has 0 spiro atoms. The Balaban J connectivity index is 0.000000884. The fourth-order valence-electron chi connectivity index (χ4n) is 2.85. The van der Waals surface area contributed by atoms with Crippen molar-refractivity contribution >= 4 is 11.8 Å². The quantitative estimate of drug-likeness (QED) is 0.139. The summed E-state index contributed by atoms with van der Waals surface area (Å²) in [6, 6.07) is 14.1. The number of hydrogen-bond acceptors (Lipinski definition) is 3. The molecule has 2 aromatic rings. The Labute approximate surface area is 181 Å². The van der Waals surface area contributed by atoms with E-state index in [4.69, 9.17) is 4.74 Å². The second kappa shape index (κ2) is 16.3. The molecule has 4 heteroatoms. The van der Waals surface area contributed by atoms with E-state index in [1.165, 1.54) is 5.56 Å². The van der Waals surface area contributed by atoms with Crippen molar-refractivity contribution < 1.29 is 31.4 Å². The molecule has 3 nitrogen and oxygen atoms in total. The van der Waals surface area contributed by atoms with Crippen molar-refractivity contribution in [2.75, 3.05) is 6.61 Å². The first-order valence-electron chi connectivity index (χ1n) is 10.1. The first-order chi connectivity index (χ1) is 13.0. The summed E-state index contributed by atoms with van der Waals surface area (Å²) < 4.78 is 4.88. The topological polar surface area (TPSA) is 43.4 Å². The SMILES string of the molecule is CCOC(=O)CCCCCCCCC(=O)[c-]1ccc(C)c1.C[c-]1[cH-][cH-][cH-][cH-]1.[Fe]. The van der Waals surface area contributed by atoms with Gasteiger partial charge in [-0.25, -0.2) is 18.6 Å². The average molecular weight is 426 g/mol. The molecule has 0 atom stereocenters. The second-order valence-corrected chi connectivity index (χ2v) is 6.99. The third-order valence-electron chi connectivity index (χ3n) is 4.40. The molecule has 0 amide bonds. The number of esters is 1. The molecule has 2 aromatic carbocycles. The molecule has 0 bridgehead atoms. The molecule has 0 saturated heterocycles. The van der Waals surface area contributed by atoms with Gasteiger partial charge in [-0.15, -0.1) is 0 Å². The first kappa shape index (κ1) is 26.4. The number of rotatable bonds is 11. The van der Waals surface area contributed by atoms with Crippen LogP contribution in [-0.4, -0.2) is 18.4 Å². The Morgan fingerprint density at radius 3 is 2.04 bits per heavy atom. The van der Waals surface area contributed by atoms with Crippen molar-refractivity contribution in [3.05, 3.63) is 59.2 Å². The molecule has 28 heavy (non-hydrogen) atoms. The zero-order valence-corrected chi connectivity index (χ0v) is 18.6. The Morgan fingerprint density at radius 2 is 1.57 bits per heavy atom. The molecule has 0 heterocycles. The van der Waals surface area contributed by atoms with Crippen LogP contribution in [-0.2, 0) is 26.6 Å². The maximum Gasteiger partial charge on any atom is 0.305 e. The van der Waals surface area contributed by atoms with Crippen molar-refractivity contribution in [3.8, 4) is 0 Å². The number of carbonyl (C=O) groups is 2. The minimum atomic E-state index is -0.0897. The molecule has 0 aliphatic heterocycles. The van der Waals surface area contributed by atoms with Gasteiger partial charge in [-0.05, 0) is 26.2 Å². The minimum absolute atomic E-state index is 0. The van der Waals surface area contributed by atoms with Crippen molar-refractivity contribution in [2.24, 2.45) is 0 Å². The smallest absolute Gasteiger partial charge is 0.305 e. The van der Waals surface area contributed by atoms with Crippen LogP contribution < -0.4 is 0 Å². The van der Waals surface area contributed by atoms with Crippen molar-refractivity contribution in [1.82, 2.24) is 0 Å². The predicted octanol–water partition coefficient (Wildman–Crippen LogP) is 6.29. The Bertz CT molecular complexity index is 641. The van der Waals surface area contributed by atoms with Gasteiger partial charge in [0.15, 0.2) is 0 Å². The van der Waals surface area contributed by atoms with E-state index in [9.17, 15) is 9.59 Å². The molecular weight excluding hydrogens is 392 g/mol.